The molecule has 0 saturated carbocycles. The molecular weight excluding hydrogens is 261 g/mol. The van der Waals surface area contributed by atoms with Gasteiger partial charge < -0.3 is 15.2 Å². The number of carboxylic acid groups (broad SMARTS) is 1. The van der Waals surface area contributed by atoms with Crippen molar-refractivity contribution in [1.29, 1.82) is 0 Å². The van der Waals surface area contributed by atoms with E-state index in [0.717, 1.165) is 0 Å². The topological polar surface area (TPSA) is 58.6 Å². The summed E-state index contributed by atoms with van der Waals surface area (Å²) in [6, 6.07) is 4.49. The Bertz CT molecular complexity index is 504. The fourth-order valence-electron chi connectivity index (χ4n) is 2.31. The molecule has 2 rings (SSSR count). The molecule has 5 heteroatoms. The number of benzene rings is 1. The SMILES string of the molecule is C=CCc1cccc(OC[C@@H]2CN[C@H](C(=O)O)C2)c1F. The lowest BCUT2D eigenvalue weighted by Crippen LogP contribution is -2.29. The van der Waals surface area contributed by atoms with Crippen LogP contribution in [-0.4, -0.2) is 30.3 Å². The summed E-state index contributed by atoms with van der Waals surface area (Å²) in [5.74, 6) is -0.929. The number of carboxylic acids is 1. The Morgan fingerprint density at radius 2 is 2.40 bits per heavy atom. The molecular formula is C15H18FNO3. The van der Waals surface area contributed by atoms with E-state index in [1.807, 2.05) is 0 Å². The van der Waals surface area contributed by atoms with Gasteiger partial charge in [-0.25, -0.2) is 4.39 Å². The summed E-state index contributed by atoms with van der Waals surface area (Å²) in [5, 5.41) is 11.8. The summed E-state index contributed by atoms with van der Waals surface area (Å²) in [7, 11) is 0. The van der Waals surface area contributed by atoms with E-state index < -0.39 is 12.0 Å². The van der Waals surface area contributed by atoms with Crippen molar-refractivity contribution >= 4 is 5.97 Å². The highest BCUT2D eigenvalue weighted by molar-refractivity contribution is 5.73. The van der Waals surface area contributed by atoms with Crippen LogP contribution in [0.1, 0.15) is 12.0 Å². The minimum Gasteiger partial charge on any atom is -0.490 e. The molecule has 0 aromatic heterocycles. The van der Waals surface area contributed by atoms with Gasteiger partial charge in [-0.05, 0) is 24.5 Å². The predicted octanol–water partition coefficient (Wildman–Crippen LogP) is 2.00. The molecule has 1 fully saturated rings. The lowest BCUT2D eigenvalue weighted by molar-refractivity contribution is -0.139. The molecule has 1 aliphatic rings. The van der Waals surface area contributed by atoms with E-state index in [0.29, 0.717) is 31.6 Å². The number of aliphatic carboxylic acids is 1. The van der Waals surface area contributed by atoms with Gasteiger partial charge in [0, 0.05) is 12.5 Å². The summed E-state index contributed by atoms with van der Waals surface area (Å²) >= 11 is 0. The molecule has 1 saturated heterocycles. The Hall–Kier alpha value is -1.88. The normalized spacial score (nSPS) is 21.6. The first kappa shape index (κ1) is 14.5. The molecule has 2 atom stereocenters. The molecule has 1 aliphatic heterocycles. The number of carbonyl (C=O) groups is 1. The molecule has 0 aliphatic carbocycles. The van der Waals surface area contributed by atoms with Crippen molar-refractivity contribution in [3.8, 4) is 5.75 Å². The van der Waals surface area contributed by atoms with Crippen LogP contribution in [0.15, 0.2) is 30.9 Å². The minimum atomic E-state index is -0.855. The van der Waals surface area contributed by atoms with Crippen LogP contribution in [0.4, 0.5) is 4.39 Å². The second kappa shape index (κ2) is 6.52. The monoisotopic (exact) mass is 279 g/mol. The van der Waals surface area contributed by atoms with Gasteiger partial charge in [-0.2, -0.15) is 0 Å². The quantitative estimate of drug-likeness (QED) is 0.782. The van der Waals surface area contributed by atoms with Gasteiger partial charge in [0.1, 0.15) is 6.04 Å². The molecule has 0 amide bonds. The molecule has 4 nitrogen and oxygen atoms in total. The number of nitrogens with one attached hydrogen (secondary N) is 1. The zero-order chi connectivity index (χ0) is 14.5. The third kappa shape index (κ3) is 3.36. The summed E-state index contributed by atoms with van der Waals surface area (Å²) in [6.45, 7) is 4.47. The molecule has 1 aromatic rings. The lowest BCUT2D eigenvalue weighted by Gasteiger charge is -2.13. The standard InChI is InChI=1S/C15H18FNO3/c1-2-4-11-5-3-6-13(14(11)16)20-9-10-7-12(15(18)19)17-8-10/h2-3,5-6,10,12,17H,1,4,7-9H2,(H,18,19)/t10-,12-/m0/s1. The Morgan fingerprint density at radius 1 is 1.60 bits per heavy atom. The number of hydrogen-bond donors (Lipinski definition) is 2. The number of ether oxygens (including phenoxy) is 1. The molecule has 0 radical (unpaired) electrons. The summed E-state index contributed by atoms with van der Waals surface area (Å²) < 4.78 is 19.5. The maximum absolute atomic E-state index is 14.1. The average molecular weight is 279 g/mol. The van der Waals surface area contributed by atoms with Crippen LogP contribution < -0.4 is 10.1 Å². The van der Waals surface area contributed by atoms with Crippen molar-refractivity contribution < 1.29 is 19.0 Å². The van der Waals surface area contributed by atoms with Gasteiger partial charge in [0.15, 0.2) is 11.6 Å². The molecule has 1 heterocycles. The minimum absolute atomic E-state index is 0.0820. The van der Waals surface area contributed by atoms with Crippen LogP contribution in [-0.2, 0) is 11.2 Å². The van der Waals surface area contributed by atoms with Gasteiger partial charge in [-0.1, -0.05) is 18.2 Å². The van der Waals surface area contributed by atoms with E-state index in [1.54, 1.807) is 24.3 Å². The summed E-state index contributed by atoms with van der Waals surface area (Å²) in [5.41, 5.74) is 0.547. The van der Waals surface area contributed by atoms with Crippen LogP contribution in [0.2, 0.25) is 0 Å². The van der Waals surface area contributed by atoms with Crippen molar-refractivity contribution in [2.75, 3.05) is 13.2 Å². The van der Waals surface area contributed by atoms with Crippen molar-refractivity contribution in [2.45, 2.75) is 18.9 Å². The zero-order valence-corrected chi connectivity index (χ0v) is 11.1. The Morgan fingerprint density at radius 3 is 3.05 bits per heavy atom. The van der Waals surface area contributed by atoms with Crippen molar-refractivity contribution in [3.05, 3.63) is 42.2 Å². The lowest BCUT2D eigenvalue weighted by atomic mass is 10.1. The molecule has 0 spiro atoms. The van der Waals surface area contributed by atoms with Crippen molar-refractivity contribution in [1.82, 2.24) is 5.32 Å². The summed E-state index contributed by atoms with van der Waals surface area (Å²) in [4.78, 5) is 10.8. The molecule has 20 heavy (non-hydrogen) atoms. The van der Waals surface area contributed by atoms with E-state index in [9.17, 15) is 9.18 Å². The van der Waals surface area contributed by atoms with Crippen LogP contribution in [0.25, 0.3) is 0 Å². The Kier molecular flexibility index (Phi) is 4.74. The van der Waals surface area contributed by atoms with E-state index >= 15 is 0 Å². The Balaban J connectivity index is 1.93. The Labute approximate surface area is 117 Å². The first-order chi connectivity index (χ1) is 9.61. The number of allylic oxidation sites excluding steroid dienone is 1. The van der Waals surface area contributed by atoms with Crippen molar-refractivity contribution in [3.63, 3.8) is 0 Å². The van der Waals surface area contributed by atoms with E-state index in [1.165, 1.54) is 0 Å². The fraction of sp³-hybridized carbons (Fsp3) is 0.400. The highest BCUT2D eigenvalue weighted by Gasteiger charge is 2.29. The van der Waals surface area contributed by atoms with E-state index in [2.05, 4.69) is 11.9 Å². The number of rotatable bonds is 6. The van der Waals surface area contributed by atoms with Crippen LogP contribution >= 0.6 is 0 Å². The largest absolute Gasteiger partial charge is 0.490 e. The fourth-order valence-corrected chi connectivity index (χ4v) is 2.31. The van der Waals surface area contributed by atoms with Gasteiger partial charge in [0.25, 0.3) is 0 Å². The van der Waals surface area contributed by atoms with Crippen LogP contribution in [0, 0.1) is 11.7 Å². The maximum atomic E-state index is 14.1. The zero-order valence-electron chi connectivity index (χ0n) is 11.1. The molecule has 0 unspecified atom stereocenters. The second-order valence-electron chi connectivity index (χ2n) is 4.93. The average Bonchev–Trinajstić information content (AvgIpc) is 2.89. The van der Waals surface area contributed by atoms with Gasteiger partial charge in [0.2, 0.25) is 0 Å². The predicted molar refractivity (Wildman–Crippen MR) is 73.3 cm³/mol. The molecule has 1 aromatic carbocycles. The number of hydrogen-bond acceptors (Lipinski definition) is 3. The molecule has 108 valence electrons. The van der Waals surface area contributed by atoms with Crippen LogP contribution in [0.5, 0.6) is 5.75 Å². The first-order valence-electron chi connectivity index (χ1n) is 6.59. The third-order valence-corrected chi connectivity index (χ3v) is 3.40. The number of halogens is 1. The van der Waals surface area contributed by atoms with Crippen molar-refractivity contribution in [2.24, 2.45) is 5.92 Å². The first-order valence-corrected chi connectivity index (χ1v) is 6.59. The van der Waals surface area contributed by atoms with E-state index in [4.69, 9.17) is 9.84 Å². The van der Waals surface area contributed by atoms with E-state index in [-0.39, 0.29) is 17.5 Å². The maximum Gasteiger partial charge on any atom is 0.320 e. The van der Waals surface area contributed by atoms with Gasteiger partial charge >= 0.3 is 5.97 Å². The second-order valence-corrected chi connectivity index (χ2v) is 4.93. The highest BCUT2D eigenvalue weighted by atomic mass is 19.1. The molecule has 0 bridgehead atoms. The summed E-state index contributed by atoms with van der Waals surface area (Å²) in [6.07, 6.45) is 2.60. The highest BCUT2D eigenvalue weighted by Crippen LogP contribution is 2.23. The third-order valence-electron chi connectivity index (χ3n) is 3.40. The van der Waals surface area contributed by atoms with Gasteiger partial charge in [-0.15, -0.1) is 6.58 Å². The molecule has 2 N–H and O–H groups in total. The van der Waals surface area contributed by atoms with Gasteiger partial charge in [0.05, 0.1) is 6.61 Å². The smallest absolute Gasteiger partial charge is 0.320 e. The van der Waals surface area contributed by atoms with Crippen LogP contribution in [0.3, 0.4) is 0 Å². The van der Waals surface area contributed by atoms with Gasteiger partial charge in [-0.3, -0.25) is 4.79 Å².